The van der Waals surface area contributed by atoms with Crippen LogP contribution in [0, 0.1) is 6.92 Å². The fourth-order valence-corrected chi connectivity index (χ4v) is 6.28. The quantitative estimate of drug-likeness (QED) is 0.636. The van der Waals surface area contributed by atoms with Gasteiger partial charge in [0.1, 0.15) is 6.04 Å². The maximum absolute atomic E-state index is 13.4. The van der Waals surface area contributed by atoms with Crippen LogP contribution < -0.4 is 5.32 Å². The molecule has 0 radical (unpaired) electrons. The fourth-order valence-electron chi connectivity index (χ4n) is 3.71. The van der Waals surface area contributed by atoms with Gasteiger partial charge in [0.25, 0.3) is 0 Å². The van der Waals surface area contributed by atoms with Gasteiger partial charge in [0.05, 0.1) is 4.90 Å². The molecular weight excluding hydrogens is 406 g/mol. The van der Waals surface area contributed by atoms with E-state index in [1.54, 1.807) is 53.9 Å². The van der Waals surface area contributed by atoms with Crippen LogP contribution in [0.3, 0.4) is 0 Å². The van der Waals surface area contributed by atoms with E-state index < -0.39 is 33.0 Å². The van der Waals surface area contributed by atoms with Gasteiger partial charge in [-0.2, -0.15) is 11.3 Å². The number of hydrogen-bond acceptors (Lipinski definition) is 5. The maximum atomic E-state index is 13.4. The van der Waals surface area contributed by atoms with Crippen LogP contribution in [0.5, 0.6) is 0 Å². The largest absolute Gasteiger partial charge is 0.344 e. The number of benzene rings is 2. The minimum atomic E-state index is -3.99. The van der Waals surface area contributed by atoms with Crippen LogP contribution in [0.2, 0.25) is 0 Å². The van der Waals surface area contributed by atoms with E-state index in [-0.39, 0.29) is 10.7 Å². The lowest BCUT2D eigenvalue weighted by molar-refractivity contribution is -0.119. The first kappa shape index (κ1) is 19.5. The van der Waals surface area contributed by atoms with E-state index in [9.17, 15) is 18.0 Å². The lowest BCUT2D eigenvalue weighted by atomic mass is 9.89. The SMILES string of the molecule is Cc1ccc(S(=O)(=O)C2C(=O)N[C@H](C(=O)c3ccccc3)[C@@H]2c2ccsc2)cc1. The number of aryl methyl sites for hydroxylation is 1. The number of amides is 1. The minimum Gasteiger partial charge on any atom is -0.344 e. The Morgan fingerprint density at radius 3 is 2.31 bits per heavy atom. The molecule has 5 nitrogen and oxygen atoms in total. The molecule has 1 amide bonds. The molecule has 1 saturated heterocycles. The van der Waals surface area contributed by atoms with Crippen molar-refractivity contribution in [3.8, 4) is 0 Å². The van der Waals surface area contributed by atoms with Crippen molar-refractivity contribution in [2.24, 2.45) is 0 Å². The molecular formula is C22H19NO4S2. The smallest absolute Gasteiger partial charge is 0.240 e. The third kappa shape index (κ3) is 3.52. The number of carbonyl (C=O) groups excluding carboxylic acids is 2. The van der Waals surface area contributed by atoms with Crippen molar-refractivity contribution in [1.82, 2.24) is 5.32 Å². The molecule has 1 N–H and O–H groups in total. The summed E-state index contributed by atoms with van der Waals surface area (Å²) in [5.41, 5.74) is 2.03. The Bertz CT molecular complexity index is 1140. The first-order valence-electron chi connectivity index (χ1n) is 9.12. The van der Waals surface area contributed by atoms with Gasteiger partial charge in [-0.15, -0.1) is 0 Å². The summed E-state index contributed by atoms with van der Waals surface area (Å²) in [4.78, 5) is 26.1. The minimum absolute atomic E-state index is 0.0799. The molecule has 7 heteroatoms. The summed E-state index contributed by atoms with van der Waals surface area (Å²) in [5.74, 6) is -1.74. The molecule has 1 aliphatic rings. The first-order chi connectivity index (χ1) is 13.9. The summed E-state index contributed by atoms with van der Waals surface area (Å²) in [6, 6.07) is 15.9. The van der Waals surface area contributed by atoms with Crippen molar-refractivity contribution < 1.29 is 18.0 Å². The number of ketones is 1. The number of rotatable bonds is 5. The summed E-state index contributed by atoms with van der Waals surface area (Å²) in [6.07, 6.45) is 0. The van der Waals surface area contributed by atoms with Crippen molar-refractivity contribution in [2.45, 2.75) is 29.0 Å². The van der Waals surface area contributed by atoms with Gasteiger partial charge in [-0.05, 0) is 41.4 Å². The maximum Gasteiger partial charge on any atom is 0.240 e. The topological polar surface area (TPSA) is 80.3 Å². The Kier molecular flexibility index (Phi) is 5.10. The summed E-state index contributed by atoms with van der Waals surface area (Å²) in [6.45, 7) is 1.86. The molecule has 0 aliphatic carbocycles. The second kappa shape index (κ2) is 7.57. The van der Waals surface area contributed by atoms with Gasteiger partial charge in [0.15, 0.2) is 20.9 Å². The lowest BCUT2D eigenvalue weighted by Crippen LogP contribution is -2.36. The summed E-state index contributed by atoms with van der Waals surface area (Å²) >= 11 is 1.40. The van der Waals surface area contributed by atoms with E-state index in [4.69, 9.17) is 0 Å². The van der Waals surface area contributed by atoms with Crippen LogP contribution >= 0.6 is 11.3 Å². The van der Waals surface area contributed by atoms with Crippen molar-refractivity contribution >= 4 is 32.9 Å². The molecule has 3 atom stereocenters. The molecule has 0 saturated carbocycles. The predicted molar refractivity (Wildman–Crippen MR) is 112 cm³/mol. The molecule has 2 aromatic carbocycles. The van der Waals surface area contributed by atoms with Gasteiger partial charge in [-0.25, -0.2) is 8.42 Å². The number of nitrogens with one attached hydrogen (secondary N) is 1. The summed E-state index contributed by atoms with van der Waals surface area (Å²) in [5, 5.41) is 4.92. The number of carbonyl (C=O) groups is 2. The Labute approximate surface area is 173 Å². The average Bonchev–Trinajstić information content (AvgIpc) is 3.36. The second-order valence-corrected chi connectivity index (χ2v) is 9.93. The third-order valence-corrected chi connectivity index (χ3v) is 8.00. The highest BCUT2D eigenvalue weighted by molar-refractivity contribution is 7.93. The number of sulfone groups is 1. The molecule has 0 bridgehead atoms. The molecule has 1 aromatic heterocycles. The zero-order chi connectivity index (χ0) is 20.6. The molecule has 3 aromatic rings. The Balaban J connectivity index is 1.80. The highest BCUT2D eigenvalue weighted by atomic mass is 32.2. The van der Waals surface area contributed by atoms with Crippen LogP contribution in [0.4, 0.5) is 0 Å². The van der Waals surface area contributed by atoms with E-state index in [1.807, 2.05) is 12.3 Å². The molecule has 1 aliphatic heterocycles. The van der Waals surface area contributed by atoms with Gasteiger partial charge in [0.2, 0.25) is 5.91 Å². The summed E-state index contributed by atoms with van der Waals surface area (Å²) in [7, 11) is -3.99. The summed E-state index contributed by atoms with van der Waals surface area (Å²) < 4.78 is 26.8. The zero-order valence-corrected chi connectivity index (χ0v) is 17.2. The predicted octanol–water partition coefficient (Wildman–Crippen LogP) is 3.36. The third-order valence-electron chi connectivity index (χ3n) is 5.19. The van der Waals surface area contributed by atoms with Crippen LogP contribution in [-0.2, 0) is 14.6 Å². The van der Waals surface area contributed by atoms with E-state index in [1.165, 1.54) is 23.5 Å². The highest BCUT2D eigenvalue weighted by Gasteiger charge is 2.53. The molecule has 1 fully saturated rings. The Hall–Kier alpha value is -2.77. The fraction of sp³-hybridized carbons (Fsp3) is 0.182. The van der Waals surface area contributed by atoms with Gasteiger partial charge in [-0.3, -0.25) is 9.59 Å². The molecule has 29 heavy (non-hydrogen) atoms. The number of thiophene rings is 1. The van der Waals surface area contributed by atoms with Crippen LogP contribution in [0.15, 0.2) is 76.3 Å². The monoisotopic (exact) mass is 425 g/mol. The average molecular weight is 426 g/mol. The first-order valence-corrected chi connectivity index (χ1v) is 11.6. The van der Waals surface area contributed by atoms with E-state index in [2.05, 4.69) is 5.32 Å². The van der Waals surface area contributed by atoms with Crippen molar-refractivity contribution in [2.75, 3.05) is 0 Å². The highest BCUT2D eigenvalue weighted by Crippen LogP contribution is 2.38. The van der Waals surface area contributed by atoms with Gasteiger partial charge in [-0.1, -0.05) is 48.0 Å². The Morgan fingerprint density at radius 1 is 1.00 bits per heavy atom. The molecule has 1 unspecified atom stereocenters. The normalized spacial score (nSPS) is 21.7. The van der Waals surface area contributed by atoms with Gasteiger partial charge in [0, 0.05) is 11.5 Å². The van der Waals surface area contributed by atoms with Crippen molar-refractivity contribution in [1.29, 1.82) is 0 Å². The zero-order valence-electron chi connectivity index (χ0n) is 15.6. The molecule has 0 spiro atoms. The number of Topliss-reactive ketones (excluding diaryl/α,β-unsaturated/α-hetero) is 1. The van der Waals surface area contributed by atoms with Crippen molar-refractivity contribution in [3.63, 3.8) is 0 Å². The van der Waals surface area contributed by atoms with Crippen LogP contribution in [0.25, 0.3) is 0 Å². The van der Waals surface area contributed by atoms with Crippen LogP contribution in [0.1, 0.15) is 27.4 Å². The standard InChI is InChI=1S/C22H19NO4S2/c1-14-7-9-17(10-8-14)29(26,27)21-18(16-11-12-28-13-16)19(23-22(21)25)20(24)15-5-3-2-4-6-15/h2-13,18-19,21H,1H3,(H,23,25)/t18-,19-,21?/m0/s1. The van der Waals surface area contributed by atoms with E-state index in [0.717, 1.165) is 5.56 Å². The molecule has 2 heterocycles. The molecule has 4 rings (SSSR count). The molecule has 148 valence electrons. The van der Waals surface area contributed by atoms with Gasteiger partial charge < -0.3 is 5.32 Å². The van der Waals surface area contributed by atoms with E-state index >= 15 is 0 Å². The second-order valence-electron chi connectivity index (χ2n) is 7.08. The Morgan fingerprint density at radius 2 is 1.69 bits per heavy atom. The van der Waals surface area contributed by atoms with Gasteiger partial charge >= 0.3 is 0 Å². The number of hydrogen-bond donors (Lipinski definition) is 1. The van der Waals surface area contributed by atoms with E-state index in [0.29, 0.717) is 11.1 Å². The van der Waals surface area contributed by atoms with Crippen molar-refractivity contribution in [3.05, 3.63) is 88.1 Å². The lowest BCUT2D eigenvalue weighted by Gasteiger charge is -2.21. The van der Waals surface area contributed by atoms with Crippen LogP contribution in [-0.4, -0.2) is 31.4 Å².